The lowest BCUT2D eigenvalue weighted by Crippen LogP contribution is -2.29. The van der Waals surface area contributed by atoms with Gasteiger partial charge < -0.3 is 9.32 Å². The highest BCUT2D eigenvalue weighted by atomic mass is 16.4. The summed E-state index contributed by atoms with van der Waals surface area (Å²) in [6.07, 6.45) is 5.50. The summed E-state index contributed by atoms with van der Waals surface area (Å²) >= 11 is 0. The van der Waals surface area contributed by atoms with Gasteiger partial charge in [0.2, 0.25) is 5.89 Å². The minimum atomic E-state index is 0.453. The third kappa shape index (κ3) is 2.82. The summed E-state index contributed by atoms with van der Waals surface area (Å²) in [4.78, 5) is 6.67. The number of pyridine rings is 1. The molecule has 5 heteroatoms. The fourth-order valence-corrected chi connectivity index (χ4v) is 2.99. The van der Waals surface area contributed by atoms with Crippen LogP contribution in [0.2, 0.25) is 0 Å². The van der Waals surface area contributed by atoms with Crippen LogP contribution in [0.1, 0.15) is 19.3 Å². The summed E-state index contributed by atoms with van der Waals surface area (Å²) in [6.45, 7) is 2.16. The van der Waals surface area contributed by atoms with Crippen LogP contribution in [0.5, 0.6) is 0 Å². The van der Waals surface area contributed by atoms with E-state index in [1.165, 1.54) is 24.9 Å². The lowest BCUT2D eigenvalue weighted by Gasteiger charge is -2.29. The molecule has 1 saturated heterocycles. The summed E-state index contributed by atoms with van der Waals surface area (Å²) < 4.78 is 5.88. The van der Waals surface area contributed by atoms with Crippen molar-refractivity contribution in [1.29, 1.82) is 0 Å². The van der Waals surface area contributed by atoms with Crippen LogP contribution < -0.4 is 4.90 Å². The Labute approximate surface area is 135 Å². The van der Waals surface area contributed by atoms with Crippen LogP contribution in [-0.4, -0.2) is 28.3 Å². The molecule has 0 unspecified atom stereocenters. The van der Waals surface area contributed by atoms with Crippen molar-refractivity contribution >= 4 is 5.69 Å². The Morgan fingerprint density at radius 2 is 1.61 bits per heavy atom. The van der Waals surface area contributed by atoms with E-state index in [1.54, 1.807) is 6.20 Å². The Bertz CT molecular complexity index is 778. The first-order chi connectivity index (χ1) is 11.4. The van der Waals surface area contributed by atoms with Gasteiger partial charge in [-0.05, 0) is 43.5 Å². The number of rotatable bonds is 3. The Kier molecular flexibility index (Phi) is 3.76. The second-order valence-electron chi connectivity index (χ2n) is 5.69. The summed E-state index contributed by atoms with van der Waals surface area (Å²) in [6, 6.07) is 13.9. The minimum absolute atomic E-state index is 0.453. The predicted molar refractivity (Wildman–Crippen MR) is 89.0 cm³/mol. The summed E-state index contributed by atoms with van der Waals surface area (Å²) in [5.74, 6) is 1.00. The van der Waals surface area contributed by atoms with Gasteiger partial charge in [0.1, 0.15) is 5.69 Å². The molecule has 0 saturated carbocycles. The second kappa shape index (κ2) is 6.20. The lowest BCUT2D eigenvalue weighted by molar-refractivity contribution is 0.570. The third-order valence-electron chi connectivity index (χ3n) is 4.14. The van der Waals surface area contributed by atoms with Crippen molar-refractivity contribution in [2.24, 2.45) is 0 Å². The molecule has 116 valence electrons. The maximum Gasteiger partial charge on any atom is 0.266 e. The van der Waals surface area contributed by atoms with Crippen LogP contribution in [0.4, 0.5) is 5.69 Å². The van der Waals surface area contributed by atoms with Gasteiger partial charge in [0.15, 0.2) is 0 Å². The molecule has 0 radical (unpaired) electrons. The monoisotopic (exact) mass is 306 g/mol. The van der Waals surface area contributed by atoms with E-state index in [2.05, 4.69) is 32.2 Å². The SMILES string of the molecule is c1ccc(-c2nnc(-c3ccccc3N3CCCCC3)o2)nc1. The minimum Gasteiger partial charge on any atom is -0.415 e. The highest BCUT2D eigenvalue weighted by molar-refractivity contribution is 5.74. The molecule has 3 heterocycles. The van der Waals surface area contributed by atoms with E-state index in [0.29, 0.717) is 17.5 Å². The van der Waals surface area contributed by atoms with Gasteiger partial charge in [-0.3, -0.25) is 4.98 Å². The Morgan fingerprint density at radius 1 is 0.826 bits per heavy atom. The van der Waals surface area contributed by atoms with Crippen LogP contribution in [0, 0.1) is 0 Å². The predicted octanol–water partition coefficient (Wildman–Crippen LogP) is 3.79. The molecule has 0 aliphatic carbocycles. The van der Waals surface area contributed by atoms with E-state index in [0.717, 1.165) is 18.7 Å². The Balaban J connectivity index is 1.70. The molecule has 0 atom stereocenters. The number of nitrogens with zero attached hydrogens (tertiary/aromatic N) is 4. The number of aromatic nitrogens is 3. The molecule has 0 bridgehead atoms. The molecule has 4 rings (SSSR count). The summed E-state index contributed by atoms with van der Waals surface area (Å²) in [5, 5.41) is 8.39. The highest BCUT2D eigenvalue weighted by Gasteiger charge is 2.19. The van der Waals surface area contributed by atoms with E-state index < -0.39 is 0 Å². The van der Waals surface area contributed by atoms with E-state index in [4.69, 9.17) is 4.42 Å². The normalized spacial score (nSPS) is 14.9. The fraction of sp³-hybridized carbons (Fsp3) is 0.278. The molecule has 2 aromatic heterocycles. The van der Waals surface area contributed by atoms with E-state index in [-0.39, 0.29) is 0 Å². The van der Waals surface area contributed by atoms with Crippen molar-refractivity contribution in [3.8, 4) is 23.0 Å². The molecule has 1 aliphatic rings. The van der Waals surface area contributed by atoms with E-state index in [1.807, 2.05) is 30.3 Å². The van der Waals surface area contributed by atoms with Gasteiger partial charge in [0.25, 0.3) is 5.89 Å². The van der Waals surface area contributed by atoms with Crippen LogP contribution in [0.3, 0.4) is 0 Å². The van der Waals surface area contributed by atoms with Gasteiger partial charge in [-0.15, -0.1) is 10.2 Å². The molecule has 0 amide bonds. The number of hydrogen-bond donors (Lipinski definition) is 0. The summed E-state index contributed by atoms with van der Waals surface area (Å²) in [5.41, 5.74) is 2.86. The molecular formula is C18H18N4O. The van der Waals surface area contributed by atoms with E-state index >= 15 is 0 Å². The van der Waals surface area contributed by atoms with Crippen LogP contribution in [0.15, 0.2) is 53.1 Å². The van der Waals surface area contributed by atoms with Gasteiger partial charge >= 0.3 is 0 Å². The van der Waals surface area contributed by atoms with E-state index in [9.17, 15) is 0 Å². The van der Waals surface area contributed by atoms with Crippen molar-refractivity contribution in [3.63, 3.8) is 0 Å². The zero-order valence-corrected chi connectivity index (χ0v) is 12.9. The number of piperidine rings is 1. The van der Waals surface area contributed by atoms with Crippen molar-refractivity contribution in [2.75, 3.05) is 18.0 Å². The average molecular weight is 306 g/mol. The van der Waals surface area contributed by atoms with Crippen molar-refractivity contribution in [2.45, 2.75) is 19.3 Å². The van der Waals surface area contributed by atoms with Crippen LogP contribution in [0.25, 0.3) is 23.0 Å². The molecule has 23 heavy (non-hydrogen) atoms. The maximum absolute atomic E-state index is 5.88. The largest absolute Gasteiger partial charge is 0.415 e. The quantitative estimate of drug-likeness (QED) is 0.737. The van der Waals surface area contributed by atoms with Gasteiger partial charge in [-0.2, -0.15) is 0 Å². The van der Waals surface area contributed by atoms with Gasteiger partial charge in [0.05, 0.1) is 5.56 Å². The average Bonchev–Trinajstić information content (AvgIpc) is 3.13. The molecule has 3 aromatic rings. The number of benzene rings is 1. The standard InChI is InChI=1S/C18H18N4O/c1-6-12-22(13-7-1)16-10-3-2-8-14(16)17-20-21-18(23-17)15-9-4-5-11-19-15/h2-5,8-11H,1,6-7,12-13H2. The van der Waals surface area contributed by atoms with Gasteiger partial charge in [0, 0.05) is 25.0 Å². The third-order valence-corrected chi connectivity index (χ3v) is 4.14. The second-order valence-corrected chi connectivity index (χ2v) is 5.69. The first-order valence-electron chi connectivity index (χ1n) is 8.01. The molecule has 0 N–H and O–H groups in total. The first kappa shape index (κ1) is 13.9. The zero-order valence-electron chi connectivity index (χ0n) is 12.9. The molecule has 1 fully saturated rings. The smallest absolute Gasteiger partial charge is 0.266 e. The molecule has 0 spiro atoms. The molecule has 5 nitrogen and oxygen atoms in total. The van der Waals surface area contributed by atoms with Crippen molar-refractivity contribution in [3.05, 3.63) is 48.7 Å². The Morgan fingerprint density at radius 3 is 2.43 bits per heavy atom. The topological polar surface area (TPSA) is 55.1 Å². The van der Waals surface area contributed by atoms with Gasteiger partial charge in [-0.1, -0.05) is 18.2 Å². The number of anilines is 1. The van der Waals surface area contributed by atoms with Gasteiger partial charge in [-0.25, -0.2) is 0 Å². The number of para-hydroxylation sites is 1. The molecule has 1 aliphatic heterocycles. The lowest BCUT2D eigenvalue weighted by atomic mass is 10.1. The van der Waals surface area contributed by atoms with Crippen LogP contribution >= 0.6 is 0 Å². The summed E-state index contributed by atoms with van der Waals surface area (Å²) in [7, 11) is 0. The first-order valence-corrected chi connectivity index (χ1v) is 8.01. The zero-order chi connectivity index (χ0) is 15.5. The fourth-order valence-electron chi connectivity index (χ4n) is 2.99. The number of hydrogen-bond acceptors (Lipinski definition) is 5. The van der Waals surface area contributed by atoms with Crippen LogP contribution in [-0.2, 0) is 0 Å². The Hall–Kier alpha value is -2.69. The van der Waals surface area contributed by atoms with Crippen molar-refractivity contribution in [1.82, 2.24) is 15.2 Å². The van der Waals surface area contributed by atoms with Crippen molar-refractivity contribution < 1.29 is 4.42 Å². The highest BCUT2D eigenvalue weighted by Crippen LogP contribution is 2.32. The molecule has 1 aromatic carbocycles. The maximum atomic E-state index is 5.88. The molecular weight excluding hydrogens is 288 g/mol.